The van der Waals surface area contributed by atoms with E-state index in [0.29, 0.717) is 6.54 Å². The number of hydrogen-bond acceptors (Lipinski definition) is 3. The van der Waals surface area contributed by atoms with Crippen LogP contribution in [0, 0.1) is 0 Å². The number of rotatable bonds is 7. The Morgan fingerprint density at radius 3 is 2.57 bits per heavy atom. The molecule has 0 bridgehead atoms. The zero-order chi connectivity index (χ0) is 15.3. The van der Waals surface area contributed by atoms with Crippen molar-refractivity contribution in [1.82, 2.24) is 4.90 Å². The highest BCUT2D eigenvalue weighted by Crippen LogP contribution is 2.31. The highest BCUT2D eigenvalue weighted by molar-refractivity contribution is 5.31. The fourth-order valence-corrected chi connectivity index (χ4v) is 3.60. The van der Waals surface area contributed by atoms with Gasteiger partial charge in [-0.25, -0.2) is 0 Å². The van der Waals surface area contributed by atoms with E-state index >= 15 is 0 Å². The number of hydrogen-bond donors (Lipinski definition) is 1. The SMILES string of the molecule is CCN(CC1OCCc2ccccc21)C(CC)(CC)CN. The molecular weight excluding hydrogens is 260 g/mol. The molecule has 3 nitrogen and oxygen atoms in total. The van der Waals surface area contributed by atoms with Gasteiger partial charge in [0.25, 0.3) is 0 Å². The minimum absolute atomic E-state index is 0.102. The number of fused-ring (bicyclic) bond motifs is 1. The molecule has 1 aliphatic heterocycles. The van der Waals surface area contributed by atoms with Gasteiger partial charge in [0, 0.05) is 18.6 Å². The standard InChI is InChI=1S/C18H30N2O/c1-4-18(5-2,14-19)20(6-3)13-17-16-10-8-7-9-15(16)11-12-21-17/h7-10,17H,4-6,11-14,19H2,1-3H3. The topological polar surface area (TPSA) is 38.5 Å². The molecule has 1 atom stereocenters. The molecule has 3 heteroatoms. The highest BCUT2D eigenvalue weighted by atomic mass is 16.5. The van der Waals surface area contributed by atoms with Gasteiger partial charge in [-0.15, -0.1) is 0 Å². The molecule has 1 heterocycles. The molecule has 21 heavy (non-hydrogen) atoms. The first-order chi connectivity index (χ1) is 10.2. The van der Waals surface area contributed by atoms with Crippen molar-refractivity contribution in [2.45, 2.75) is 51.7 Å². The largest absolute Gasteiger partial charge is 0.372 e. The molecule has 2 N–H and O–H groups in total. The quantitative estimate of drug-likeness (QED) is 0.838. The first kappa shape index (κ1) is 16.5. The summed E-state index contributed by atoms with van der Waals surface area (Å²) in [5.41, 5.74) is 9.03. The normalized spacial score (nSPS) is 18.8. The Balaban J connectivity index is 2.20. The van der Waals surface area contributed by atoms with E-state index in [4.69, 9.17) is 10.5 Å². The molecule has 1 unspecified atom stereocenters. The number of ether oxygens (including phenoxy) is 1. The van der Waals surface area contributed by atoms with E-state index in [1.54, 1.807) is 0 Å². The minimum Gasteiger partial charge on any atom is -0.372 e. The van der Waals surface area contributed by atoms with E-state index in [1.807, 2.05) is 0 Å². The van der Waals surface area contributed by atoms with Crippen molar-refractivity contribution in [3.05, 3.63) is 35.4 Å². The van der Waals surface area contributed by atoms with Crippen LogP contribution in [-0.2, 0) is 11.2 Å². The summed E-state index contributed by atoms with van der Waals surface area (Å²) in [5, 5.41) is 0. The first-order valence-corrected chi connectivity index (χ1v) is 8.35. The molecule has 1 aliphatic rings. The smallest absolute Gasteiger partial charge is 0.0954 e. The Morgan fingerprint density at radius 2 is 1.95 bits per heavy atom. The monoisotopic (exact) mass is 290 g/mol. The van der Waals surface area contributed by atoms with Crippen molar-refractivity contribution in [3.63, 3.8) is 0 Å². The third kappa shape index (κ3) is 3.31. The molecular formula is C18H30N2O. The third-order valence-electron chi connectivity index (χ3n) is 5.23. The molecule has 118 valence electrons. The summed E-state index contributed by atoms with van der Waals surface area (Å²) >= 11 is 0. The molecule has 2 rings (SSSR count). The lowest BCUT2D eigenvalue weighted by Gasteiger charge is -2.44. The number of nitrogens with two attached hydrogens (primary N) is 1. The van der Waals surface area contributed by atoms with E-state index in [9.17, 15) is 0 Å². The zero-order valence-corrected chi connectivity index (χ0v) is 13.8. The van der Waals surface area contributed by atoms with Crippen molar-refractivity contribution in [2.24, 2.45) is 5.73 Å². The Labute approximate surface area is 129 Å². The number of nitrogens with zero attached hydrogens (tertiary/aromatic N) is 1. The molecule has 0 aliphatic carbocycles. The number of benzene rings is 1. The summed E-state index contributed by atoms with van der Waals surface area (Å²) in [6.07, 6.45) is 3.38. The van der Waals surface area contributed by atoms with Crippen LogP contribution in [0.1, 0.15) is 50.8 Å². The lowest BCUT2D eigenvalue weighted by molar-refractivity contribution is -0.0164. The molecule has 0 saturated heterocycles. The van der Waals surface area contributed by atoms with E-state index in [2.05, 4.69) is 49.9 Å². The van der Waals surface area contributed by atoms with Crippen LogP contribution in [0.5, 0.6) is 0 Å². The van der Waals surface area contributed by atoms with Crippen LogP contribution in [0.2, 0.25) is 0 Å². The molecule has 0 aromatic heterocycles. The maximum absolute atomic E-state index is 6.12. The van der Waals surface area contributed by atoms with Crippen molar-refractivity contribution < 1.29 is 4.74 Å². The Kier molecular flexibility index (Phi) is 5.80. The second-order valence-corrected chi connectivity index (χ2v) is 5.98. The number of likely N-dealkylation sites (N-methyl/N-ethyl adjacent to an activating group) is 1. The summed E-state index contributed by atoms with van der Waals surface area (Å²) < 4.78 is 6.08. The fraction of sp³-hybridized carbons (Fsp3) is 0.667. The summed E-state index contributed by atoms with van der Waals surface area (Å²) in [7, 11) is 0. The van der Waals surface area contributed by atoms with Gasteiger partial charge >= 0.3 is 0 Å². The van der Waals surface area contributed by atoms with Gasteiger partial charge in [0.1, 0.15) is 0 Å². The van der Waals surface area contributed by atoms with E-state index in [-0.39, 0.29) is 11.6 Å². The van der Waals surface area contributed by atoms with Gasteiger partial charge in [0.15, 0.2) is 0 Å². The lowest BCUT2D eigenvalue weighted by atomic mass is 9.89. The van der Waals surface area contributed by atoms with Crippen LogP contribution < -0.4 is 5.73 Å². The zero-order valence-electron chi connectivity index (χ0n) is 13.8. The Bertz CT molecular complexity index is 434. The Morgan fingerprint density at radius 1 is 1.24 bits per heavy atom. The van der Waals surface area contributed by atoms with Crippen LogP contribution in [0.4, 0.5) is 0 Å². The molecule has 0 spiro atoms. The van der Waals surface area contributed by atoms with Crippen LogP contribution >= 0.6 is 0 Å². The summed E-state index contributed by atoms with van der Waals surface area (Å²) in [6, 6.07) is 8.69. The summed E-state index contributed by atoms with van der Waals surface area (Å²) in [5.74, 6) is 0. The predicted octanol–water partition coefficient (Wildman–Crippen LogP) is 3.14. The van der Waals surface area contributed by atoms with Gasteiger partial charge in [-0.2, -0.15) is 0 Å². The second-order valence-electron chi connectivity index (χ2n) is 5.98. The van der Waals surface area contributed by atoms with Crippen LogP contribution in [0.25, 0.3) is 0 Å². The van der Waals surface area contributed by atoms with Gasteiger partial charge in [-0.05, 0) is 36.9 Å². The molecule has 1 aromatic rings. The van der Waals surface area contributed by atoms with E-state index in [1.165, 1.54) is 11.1 Å². The van der Waals surface area contributed by atoms with E-state index < -0.39 is 0 Å². The lowest BCUT2D eigenvalue weighted by Crippen LogP contribution is -2.54. The average Bonchev–Trinajstić information content (AvgIpc) is 2.56. The third-order valence-corrected chi connectivity index (χ3v) is 5.23. The predicted molar refractivity (Wildman–Crippen MR) is 88.5 cm³/mol. The second kappa shape index (κ2) is 7.39. The van der Waals surface area contributed by atoms with Crippen LogP contribution in [-0.4, -0.2) is 36.7 Å². The maximum Gasteiger partial charge on any atom is 0.0954 e. The molecule has 1 aromatic carbocycles. The molecule has 0 radical (unpaired) electrons. The van der Waals surface area contributed by atoms with Crippen molar-refractivity contribution in [3.8, 4) is 0 Å². The summed E-state index contributed by atoms with van der Waals surface area (Å²) in [4.78, 5) is 2.53. The molecule has 0 amide bonds. The average molecular weight is 290 g/mol. The van der Waals surface area contributed by atoms with Gasteiger partial charge in [-0.1, -0.05) is 45.0 Å². The summed E-state index contributed by atoms with van der Waals surface area (Å²) in [6.45, 7) is 10.2. The molecule has 0 fully saturated rings. The van der Waals surface area contributed by atoms with Crippen molar-refractivity contribution >= 4 is 0 Å². The Hall–Kier alpha value is -0.900. The van der Waals surface area contributed by atoms with Gasteiger partial charge in [-0.3, -0.25) is 4.90 Å². The maximum atomic E-state index is 6.12. The van der Waals surface area contributed by atoms with Gasteiger partial charge in [0.2, 0.25) is 0 Å². The van der Waals surface area contributed by atoms with Crippen molar-refractivity contribution in [2.75, 3.05) is 26.2 Å². The van der Waals surface area contributed by atoms with Gasteiger partial charge in [0.05, 0.1) is 12.7 Å². The minimum atomic E-state index is 0.102. The van der Waals surface area contributed by atoms with Gasteiger partial charge < -0.3 is 10.5 Å². The molecule has 0 saturated carbocycles. The first-order valence-electron chi connectivity index (χ1n) is 8.35. The van der Waals surface area contributed by atoms with Crippen LogP contribution in [0.3, 0.4) is 0 Å². The van der Waals surface area contributed by atoms with E-state index in [0.717, 1.165) is 39.0 Å². The van der Waals surface area contributed by atoms with Crippen molar-refractivity contribution in [1.29, 1.82) is 0 Å². The highest BCUT2D eigenvalue weighted by Gasteiger charge is 2.34. The van der Waals surface area contributed by atoms with Crippen LogP contribution in [0.15, 0.2) is 24.3 Å². The fourth-order valence-electron chi connectivity index (χ4n) is 3.60.